The van der Waals surface area contributed by atoms with Gasteiger partial charge in [0.1, 0.15) is 24.4 Å². The minimum absolute atomic E-state index is 0.0118. The Balaban J connectivity index is 1.48. The molecule has 13 nitrogen and oxygen atoms in total. The maximum atomic E-state index is 12.2. The van der Waals surface area contributed by atoms with E-state index in [9.17, 15) is 43.0 Å². The molecule has 5 fully saturated rings. The number of hydrogen-bond donors (Lipinski definition) is 6. The van der Waals surface area contributed by atoms with E-state index in [2.05, 4.69) is 26.1 Å². The first-order valence-electron chi connectivity index (χ1n) is 16.9. The Bertz CT molecular complexity index is 1230. The summed E-state index contributed by atoms with van der Waals surface area (Å²) in [5, 5.41) is 43.5. The Labute approximate surface area is 271 Å². The van der Waals surface area contributed by atoms with E-state index in [0.717, 1.165) is 32.1 Å². The van der Waals surface area contributed by atoms with Crippen LogP contribution in [0.3, 0.4) is 0 Å². The highest BCUT2D eigenvalue weighted by molar-refractivity contribution is 7.80. The smallest absolute Gasteiger partial charge is 0.397 e. The van der Waals surface area contributed by atoms with Gasteiger partial charge < -0.3 is 35.2 Å². The number of rotatable bonds is 10. The van der Waals surface area contributed by atoms with Gasteiger partial charge >= 0.3 is 16.4 Å². The van der Waals surface area contributed by atoms with Gasteiger partial charge in [0.15, 0.2) is 6.29 Å². The van der Waals surface area contributed by atoms with Crippen molar-refractivity contribution in [3.63, 3.8) is 0 Å². The lowest BCUT2D eigenvalue weighted by molar-refractivity contribution is -0.304. The summed E-state index contributed by atoms with van der Waals surface area (Å²) >= 11 is 0. The average molecular weight is 676 g/mol. The lowest BCUT2D eigenvalue weighted by Gasteiger charge is -2.63. The van der Waals surface area contributed by atoms with Crippen molar-refractivity contribution in [1.29, 1.82) is 0 Å². The first-order chi connectivity index (χ1) is 21.5. The molecule has 264 valence electrons. The maximum Gasteiger partial charge on any atom is 0.397 e. The number of aliphatic carboxylic acids is 1. The summed E-state index contributed by atoms with van der Waals surface area (Å²) in [5.41, 5.74) is -0.200. The lowest BCUT2D eigenvalue weighted by Crippen LogP contribution is -2.66. The summed E-state index contributed by atoms with van der Waals surface area (Å²) in [6.07, 6.45) is 0.465. The highest BCUT2D eigenvalue weighted by Gasteiger charge is 2.64. The van der Waals surface area contributed by atoms with Crippen molar-refractivity contribution in [1.82, 2.24) is 5.32 Å². The zero-order valence-corrected chi connectivity index (χ0v) is 28.1. The Morgan fingerprint density at radius 3 is 2.33 bits per heavy atom. The van der Waals surface area contributed by atoms with Crippen molar-refractivity contribution in [2.24, 2.45) is 46.3 Å². The normalized spacial score (nSPS) is 46.4. The van der Waals surface area contributed by atoms with Crippen LogP contribution in [-0.4, -0.2) is 94.7 Å². The standard InChI is InChI=1S/C32H53NO12S/c1-16(5-8-25(36)37)20-6-7-21-26-22(10-12-32(20,21)4)31(3)11-9-19(45-46(40,41)42)13-18(31)14-23(26)43-30-27(33-17(2)35)29(39)28(38)24(15-34)44-30/h16,18-24,26-30,34,38-39H,5-15H2,1-4H3,(H,33,35)(H,36,37)(H,40,41,42)/t16-,18+,19+,20-,21+,22+,23+,24-,26+,27-,28-,29-,30-,31+,32-/m1/s1. The largest absolute Gasteiger partial charge is 0.481 e. The molecule has 4 saturated carbocycles. The van der Waals surface area contributed by atoms with Crippen molar-refractivity contribution < 1.29 is 56.6 Å². The highest BCUT2D eigenvalue weighted by atomic mass is 32.3. The van der Waals surface area contributed by atoms with E-state index >= 15 is 0 Å². The molecule has 14 heteroatoms. The van der Waals surface area contributed by atoms with Crippen molar-refractivity contribution >= 4 is 22.3 Å². The molecule has 1 aliphatic heterocycles. The van der Waals surface area contributed by atoms with Gasteiger partial charge in [-0.1, -0.05) is 20.8 Å². The van der Waals surface area contributed by atoms with Crippen LogP contribution in [0, 0.1) is 46.3 Å². The second-order valence-corrected chi connectivity index (χ2v) is 16.4. The Hall–Kier alpha value is -1.39. The fraction of sp³-hybridized carbons (Fsp3) is 0.938. The maximum absolute atomic E-state index is 12.2. The topological polar surface area (TPSA) is 209 Å². The van der Waals surface area contributed by atoms with E-state index < -0.39 is 71.7 Å². The molecule has 0 spiro atoms. The van der Waals surface area contributed by atoms with E-state index in [0.29, 0.717) is 31.6 Å². The van der Waals surface area contributed by atoms with Gasteiger partial charge in [-0.3, -0.25) is 14.1 Å². The number of aliphatic hydroxyl groups is 3. The molecule has 0 aromatic heterocycles. The van der Waals surface area contributed by atoms with Crippen LogP contribution in [0.4, 0.5) is 0 Å². The molecule has 4 aliphatic carbocycles. The van der Waals surface area contributed by atoms with Crippen LogP contribution in [0.1, 0.15) is 91.9 Å². The van der Waals surface area contributed by atoms with Gasteiger partial charge in [-0.15, -0.1) is 0 Å². The number of carbonyl (C=O) groups excluding carboxylic acids is 1. The first-order valence-corrected chi connectivity index (χ1v) is 18.3. The van der Waals surface area contributed by atoms with Gasteiger partial charge in [0.25, 0.3) is 0 Å². The quantitative estimate of drug-likeness (QED) is 0.146. The number of nitrogens with one attached hydrogen (secondary N) is 1. The molecule has 5 rings (SSSR count). The van der Waals surface area contributed by atoms with E-state index in [1.165, 1.54) is 6.92 Å². The molecule has 6 N–H and O–H groups in total. The summed E-state index contributed by atoms with van der Waals surface area (Å²) in [5.74, 6) is -0.145. The number of aliphatic hydroxyl groups excluding tert-OH is 3. The number of carboxylic acid groups (broad SMARTS) is 1. The minimum atomic E-state index is -4.63. The van der Waals surface area contributed by atoms with Gasteiger partial charge in [-0.2, -0.15) is 8.42 Å². The van der Waals surface area contributed by atoms with Crippen molar-refractivity contribution in [3.8, 4) is 0 Å². The third kappa shape index (κ3) is 6.87. The molecule has 1 amide bonds. The zero-order valence-electron chi connectivity index (χ0n) is 27.3. The second-order valence-electron chi connectivity index (χ2n) is 15.4. The number of ether oxygens (including phenoxy) is 2. The molecule has 0 aromatic rings. The van der Waals surface area contributed by atoms with Crippen LogP contribution in [0.25, 0.3) is 0 Å². The molecule has 0 aromatic carbocycles. The number of fused-ring (bicyclic) bond motifs is 5. The predicted molar refractivity (Wildman–Crippen MR) is 163 cm³/mol. The van der Waals surface area contributed by atoms with E-state index in [-0.39, 0.29) is 46.8 Å². The van der Waals surface area contributed by atoms with Crippen LogP contribution < -0.4 is 5.32 Å². The van der Waals surface area contributed by atoms with Gasteiger partial charge in [0, 0.05) is 13.3 Å². The second kappa shape index (κ2) is 13.5. The molecule has 5 aliphatic rings. The fourth-order valence-corrected chi connectivity index (χ4v) is 11.4. The molecular weight excluding hydrogens is 622 g/mol. The zero-order chi connectivity index (χ0) is 33.8. The van der Waals surface area contributed by atoms with Gasteiger partial charge in [-0.25, -0.2) is 4.18 Å². The average Bonchev–Trinajstić information content (AvgIpc) is 3.32. The molecule has 46 heavy (non-hydrogen) atoms. The van der Waals surface area contributed by atoms with Gasteiger partial charge in [-0.05, 0) is 104 Å². The van der Waals surface area contributed by atoms with Crippen LogP contribution >= 0.6 is 0 Å². The highest BCUT2D eigenvalue weighted by Crippen LogP contribution is 2.69. The summed E-state index contributed by atoms with van der Waals surface area (Å²) in [4.78, 5) is 23.6. The summed E-state index contributed by atoms with van der Waals surface area (Å²) in [6, 6.07) is -1.09. The Morgan fingerprint density at radius 2 is 1.70 bits per heavy atom. The molecule has 0 bridgehead atoms. The van der Waals surface area contributed by atoms with Crippen LogP contribution in [0.5, 0.6) is 0 Å². The van der Waals surface area contributed by atoms with Crippen molar-refractivity contribution in [3.05, 3.63) is 0 Å². The van der Waals surface area contributed by atoms with Crippen LogP contribution in [0.2, 0.25) is 0 Å². The van der Waals surface area contributed by atoms with E-state index in [1.54, 1.807) is 0 Å². The van der Waals surface area contributed by atoms with E-state index in [1.807, 2.05) is 0 Å². The molecule has 0 radical (unpaired) electrons. The molecule has 0 unspecified atom stereocenters. The minimum Gasteiger partial charge on any atom is -0.481 e. The molecule has 1 saturated heterocycles. The van der Waals surface area contributed by atoms with Gasteiger partial charge in [0.2, 0.25) is 5.91 Å². The van der Waals surface area contributed by atoms with Crippen LogP contribution in [0.15, 0.2) is 0 Å². The first kappa shape index (κ1) is 35.9. The third-order valence-corrected chi connectivity index (χ3v) is 13.5. The molecular formula is C32H53NO12S. The Morgan fingerprint density at radius 1 is 1.02 bits per heavy atom. The summed E-state index contributed by atoms with van der Waals surface area (Å²) < 4.78 is 50.6. The lowest BCUT2D eigenvalue weighted by atomic mass is 9.43. The molecule has 15 atom stereocenters. The molecule has 1 heterocycles. The Kier molecular flexibility index (Phi) is 10.5. The SMILES string of the molecule is CC(=O)N[C@H]1[C@H](O[C@H]2C[C@@H]3C[C@@H](OS(=O)(=O)O)CC[C@]3(C)[C@H]3CC[C@]4(C)[C@@H]([C@H](C)CCC(=O)O)CC[C@H]4[C@H]23)O[C@H](CO)[C@@H](O)[C@@H]1O. The number of carboxylic acids is 1. The summed E-state index contributed by atoms with van der Waals surface area (Å²) in [7, 11) is -4.63. The number of carbonyl (C=O) groups is 2. The predicted octanol–water partition coefficient (Wildman–Crippen LogP) is 2.27. The van der Waals surface area contributed by atoms with Crippen molar-refractivity contribution in [2.75, 3.05) is 6.61 Å². The number of amides is 1. The third-order valence-electron chi connectivity index (χ3n) is 13.0. The monoisotopic (exact) mass is 675 g/mol. The summed E-state index contributed by atoms with van der Waals surface area (Å²) in [6.45, 7) is 7.51. The van der Waals surface area contributed by atoms with Crippen LogP contribution in [-0.2, 0) is 33.6 Å². The van der Waals surface area contributed by atoms with Gasteiger partial charge in [0.05, 0.1) is 18.8 Å². The fourth-order valence-electron chi connectivity index (χ4n) is 10.8. The van der Waals surface area contributed by atoms with E-state index in [4.69, 9.17) is 13.7 Å². The number of hydrogen-bond acceptors (Lipinski definition) is 10. The van der Waals surface area contributed by atoms with Crippen molar-refractivity contribution in [2.45, 2.75) is 135 Å².